The Bertz CT molecular complexity index is 602. The Morgan fingerprint density at radius 2 is 1.95 bits per heavy atom. The number of amides is 1. The molecule has 6 heteroatoms. The average molecular weight is 285 g/mol. The molecular weight excluding hydrogens is 270 g/mol. The molecule has 2 N–H and O–H groups in total. The van der Waals surface area contributed by atoms with Crippen LogP contribution in [0.4, 0.5) is 0 Å². The third-order valence-electron chi connectivity index (χ3n) is 3.00. The molecule has 1 aromatic carbocycles. The molecule has 0 aliphatic heterocycles. The van der Waals surface area contributed by atoms with Crippen LogP contribution >= 0.6 is 0 Å². The summed E-state index contributed by atoms with van der Waals surface area (Å²) < 4.78 is 0. The van der Waals surface area contributed by atoms with Crippen molar-refractivity contribution in [3.63, 3.8) is 0 Å². The minimum atomic E-state index is -0.905. The molecule has 1 amide bonds. The van der Waals surface area contributed by atoms with E-state index in [4.69, 9.17) is 5.11 Å². The molecule has 2 aromatic rings. The molecule has 21 heavy (non-hydrogen) atoms. The number of hydrogen-bond donors (Lipinski definition) is 2. The first-order chi connectivity index (χ1) is 10.2. The number of rotatable bonds is 6. The minimum Gasteiger partial charge on any atom is -0.481 e. The number of hydrogen-bond acceptors (Lipinski definition) is 4. The number of carbonyl (C=O) groups is 2. The number of benzene rings is 1. The summed E-state index contributed by atoms with van der Waals surface area (Å²) in [6.45, 7) is 0.228. The fourth-order valence-corrected chi connectivity index (χ4v) is 1.97. The molecule has 6 nitrogen and oxygen atoms in total. The Hall–Kier alpha value is -2.76. The second-order valence-corrected chi connectivity index (χ2v) is 4.51. The maximum atomic E-state index is 11.9. The van der Waals surface area contributed by atoms with Gasteiger partial charge in [0.1, 0.15) is 5.69 Å². The van der Waals surface area contributed by atoms with E-state index in [2.05, 4.69) is 15.3 Å². The quantitative estimate of drug-likeness (QED) is 0.838. The molecule has 0 saturated carbocycles. The van der Waals surface area contributed by atoms with Crippen molar-refractivity contribution in [3.8, 4) is 0 Å². The number of carboxylic acid groups (broad SMARTS) is 1. The smallest absolute Gasteiger partial charge is 0.304 e. The van der Waals surface area contributed by atoms with Gasteiger partial charge in [-0.1, -0.05) is 30.3 Å². The van der Waals surface area contributed by atoms with E-state index in [0.717, 1.165) is 5.56 Å². The topological polar surface area (TPSA) is 92.2 Å². The molecule has 108 valence electrons. The Balaban J connectivity index is 2.03. The lowest BCUT2D eigenvalue weighted by molar-refractivity contribution is -0.137. The Labute approximate surface area is 121 Å². The van der Waals surface area contributed by atoms with Gasteiger partial charge in [-0.25, -0.2) is 4.98 Å². The van der Waals surface area contributed by atoms with Crippen LogP contribution in [0.25, 0.3) is 0 Å². The standard InChI is InChI=1S/C15H15N3O3/c19-14(20)8-12(11-4-2-1-3-5-11)9-18-15(21)13-10-16-6-7-17-13/h1-7,10,12H,8-9H2,(H,18,21)(H,19,20)/t12-/m1/s1. The number of carbonyl (C=O) groups excluding carboxylic acids is 1. The molecule has 0 aliphatic carbocycles. The summed E-state index contributed by atoms with van der Waals surface area (Å²) in [4.78, 5) is 30.6. The van der Waals surface area contributed by atoms with Gasteiger partial charge in [-0.3, -0.25) is 14.6 Å². The summed E-state index contributed by atoms with van der Waals surface area (Å²) in [5.41, 5.74) is 1.08. The normalized spacial score (nSPS) is 11.6. The van der Waals surface area contributed by atoms with Crippen molar-refractivity contribution < 1.29 is 14.7 Å². The van der Waals surface area contributed by atoms with E-state index in [1.54, 1.807) is 0 Å². The van der Waals surface area contributed by atoms with Gasteiger partial charge in [-0.05, 0) is 5.56 Å². The first-order valence-corrected chi connectivity index (χ1v) is 6.48. The summed E-state index contributed by atoms with van der Waals surface area (Å²) in [5.74, 6) is -1.56. The molecule has 2 rings (SSSR count). The lowest BCUT2D eigenvalue weighted by Crippen LogP contribution is -2.30. The molecular formula is C15H15N3O3. The largest absolute Gasteiger partial charge is 0.481 e. The summed E-state index contributed by atoms with van der Waals surface area (Å²) in [6.07, 6.45) is 4.23. The number of aromatic nitrogens is 2. The summed E-state index contributed by atoms with van der Waals surface area (Å²) in [6, 6.07) is 9.24. The van der Waals surface area contributed by atoms with Crippen molar-refractivity contribution in [2.24, 2.45) is 0 Å². The van der Waals surface area contributed by atoms with Gasteiger partial charge in [0, 0.05) is 24.9 Å². The van der Waals surface area contributed by atoms with E-state index in [9.17, 15) is 9.59 Å². The molecule has 0 fully saturated rings. The van der Waals surface area contributed by atoms with Gasteiger partial charge in [-0.15, -0.1) is 0 Å². The van der Waals surface area contributed by atoms with Crippen LogP contribution in [0.3, 0.4) is 0 Å². The highest BCUT2D eigenvalue weighted by molar-refractivity contribution is 5.91. The number of aliphatic carboxylic acids is 1. The van der Waals surface area contributed by atoms with Crippen LogP contribution in [-0.4, -0.2) is 33.5 Å². The number of nitrogens with zero attached hydrogens (tertiary/aromatic N) is 2. The van der Waals surface area contributed by atoms with Gasteiger partial charge < -0.3 is 10.4 Å². The van der Waals surface area contributed by atoms with Gasteiger partial charge in [-0.2, -0.15) is 0 Å². The molecule has 0 radical (unpaired) electrons. The maximum Gasteiger partial charge on any atom is 0.304 e. The summed E-state index contributed by atoms with van der Waals surface area (Å²) in [7, 11) is 0. The molecule has 0 unspecified atom stereocenters. The molecule has 1 heterocycles. The van der Waals surface area contributed by atoms with Crippen LogP contribution in [0, 0.1) is 0 Å². The second-order valence-electron chi connectivity index (χ2n) is 4.51. The van der Waals surface area contributed by atoms with Crippen LogP contribution in [-0.2, 0) is 4.79 Å². The zero-order valence-corrected chi connectivity index (χ0v) is 11.3. The third-order valence-corrected chi connectivity index (χ3v) is 3.00. The zero-order valence-electron chi connectivity index (χ0n) is 11.3. The predicted octanol–water partition coefficient (Wildman–Crippen LogP) is 1.46. The summed E-state index contributed by atoms with van der Waals surface area (Å²) in [5, 5.41) is 11.7. The van der Waals surface area contributed by atoms with E-state index in [0.29, 0.717) is 0 Å². The fourth-order valence-electron chi connectivity index (χ4n) is 1.97. The number of nitrogens with one attached hydrogen (secondary N) is 1. The first-order valence-electron chi connectivity index (χ1n) is 6.48. The van der Waals surface area contributed by atoms with Crippen LogP contribution in [0.15, 0.2) is 48.9 Å². The van der Waals surface area contributed by atoms with Gasteiger partial charge in [0.25, 0.3) is 5.91 Å². The van der Waals surface area contributed by atoms with E-state index >= 15 is 0 Å². The minimum absolute atomic E-state index is 0.0508. The zero-order chi connectivity index (χ0) is 15.1. The highest BCUT2D eigenvalue weighted by atomic mass is 16.4. The average Bonchev–Trinajstić information content (AvgIpc) is 2.52. The lowest BCUT2D eigenvalue weighted by Gasteiger charge is -2.16. The SMILES string of the molecule is O=C(O)C[C@H](CNC(=O)c1cnccn1)c1ccccc1. The highest BCUT2D eigenvalue weighted by Crippen LogP contribution is 2.18. The van der Waals surface area contributed by atoms with Gasteiger partial charge in [0.2, 0.25) is 0 Å². The van der Waals surface area contributed by atoms with E-state index in [1.807, 2.05) is 30.3 Å². The van der Waals surface area contributed by atoms with Gasteiger partial charge in [0.15, 0.2) is 0 Å². The molecule has 0 spiro atoms. The lowest BCUT2D eigenvalue weighted by atomic mass is 9.95. The molecule has 0 aliphatic rings. The molecule has 0 bridgehead atoms. The molecule has 0 saturated heterocycles. The number of carboxylic acids is 1. The van der Waals surface area contributed by atoms with Crippen molar-refractivity contribution in [1.82, 2.24) is 15.3 Å². The van der Waals surface area contributed by atoms with Crippen LogP contribution < -0.4 is 5.32 Å². The second kappa shape index (κ2) is 7.14. The Kier molecular flexibility index (Phi) is 4.98. The van der Waals surface area contributed by atoms with E-state index in [-0.39, 0.29) is 30.5 Å². The van der Waals surface area contributed by atoms with E-state index < -0.39 is 5.97 Å². The van der Waals surface area contributed by atoms with Gasteiger partial charge >= 0.3 is 5.97 Å². The van der Waals surface area contributed by atoms with Crippen molar-refractivity contribution in [1.29, 1.82) is 0 Å². The Morgan fingerprint density at radius 3 is 2.57 bits per heavy atom. The van der Waals surface area contributed by atoms with Crippen molar-refractivity contribution in [3.05, 3.63) is 60.2 Å². The monoisotopic (exact) mass is 285 g/mol. The Morgan fingerprint density at radius 1 is 1.19 bits per heavy atom. The third kappa shape index (κ3) is 4.38. The van der Waals surface area contributed by atoms with Crippen molar-refractivity contribution in [2.45, 2.75) is 12.3 Å². The predicted molar refractivity (Wildman–Crippen MR) is 75.8 cm³/mol. The van der Waals surface area contributed by atoms with Crippen molar-refractivity contribution >= 4 is 11.9 Å². The van der Waals surface area contributed by atoms with Crippen molar-refractivity contribution in [2.75, 3.05) is 6.54 Å². The summed E-state index contributed by atoms with van der Waals surface area (Å²) >= 11 is 0. The first kappa shape index (κ1) is 14.6. The van der Waals surface area contributed by atoms with Crippen LogP contribution in [0.5, 0.6) is 0 Å². The van der Waals surface area contributed by atoms with E-state index in [1.165, 1.54) is 18.6 Å². The molecule has 1 aromatic heterocycles. The fraction of sp³-hybridized carbons (Fsp3) is 0.200. The van der Waals surface area contributed by atoms with Crippen LogP contribution in [0.2, 0.25) is 0 Å². The molecule has 1 atom stereocenters. The van der Waals surface area contributed by atoms with Gasteiger partial charge in [0.05, 0.1) is 12.6 Å². The maximum absolute atomic E-state index is 11.9. The van der Waals surface area contributed by atoms with Crippen LogP contribution in [0.1, 0.15) is 28.4 Å². The highest BCUT2D eigenvalue weighted by Gasteiger charge is 2.17.